The molecule has 37 heavy (non-hydrogen) atoms. The van der Waals surface area contributed by atoms with E-state index in [0.717, 1.165) is 46.3 Å². The lowest BCUT2D eigenvalue weighted by Gasteiger charge is -2.33. The molecule has 8 nitrogen and oxygen atoms in total. The fraction of sp³-hybridized carbons (Fsp3) is 0.481. The number of para-hydroxylation sites is 2. The molecule has 0 unspecified atom stereocenters. The Bertz CT molecular complexity index is 1170. The molecule has 0 bridgehead atoms. The largest absolute Gasteiger partial charge is 0.492 e. The lowest BCUT2D eigenvalue weighted by molar-refractivity contribution is -0.139. The number of anilines is 1. The summed E-state index contributed by atoms with van der Waals surface area (Å²) in [4.78, 5) is 28.4. The molecule has 0 heterocycles. The van der Waals surface area contributed by atoms with E-state index in [1.807, 2.05) is 24.3 Å². The Morgan fingerprint density at radius 3 is 2.35 bits per heavy atom. The van der Waals surface area contributed by atoms with E-state index in [1.165, 1.54) is 11.3 Å². The first-order valence-electron chi connectivity index (χ1n) is 12.6. The summed E-state index contributed by atoms with van der Waals surface area (Å²) in [5.41, 5.74) is 1.11. The van der Waals surface area contributed by atoms with Crippen molar-refractivity contribution in [3.8, 4) is 5.75 Å². The lowest BCUT2D eigenvalue weighted by atomic mass is 9.95. The number of hydrogen-bond acceptors (Lipinski definition) is 5. The summed E-state index contributed by atoms with van der Waals surface area (Å²) in [6, 6.07) is 13.5. The number of rotatable bonds is 11. The highest BCUT2D eigenvalue weighted by atomic mass is 79.9. The highest BCUT2D eigenvalue weighted by Gasteiger charge is 2.32. The first kappa shape index (κ1) is 29.0. The minimum atomic E-state index is -3.84. The van der Waals surface area contributed by atoms with E-state index in [4.69, 9.17) is 4.74 Å². The maximum absolute atomic E-state index is 13.7. The van der Waals surface area contributed by atoms with Crippen LogP contribution in [0.25, 0.3) is 0 Å². The molecule has 1 aliphatic rings. The Morgan fingerprint density at radius 2 is 1.73 bits per heavy atom. The van der Waals surface area contributed by atoms with E-state index in [0.29, 0.717) is 12.4 Å². The van der Waals surface area contributed by atoms with Gasteiger partial charge >= 0.3 is 0 Å². The molecule has 2 aromatic carbocycles. The van der Waals surface area contributed by atoms with Crippen LogP contribution in [0.5, 0.6) is 5.75 Å². The number of nitrogens with zero attached hydrogens (tertiary/aromatic N) is 2. The van der Waals surface area contributed by atoms with Crippen LogP contribution in [0.1, 0.15) is 51.5 Å². The van der Waals surface area contributed by atoms with Gasteiger partial charge in [-0.25, -0.2) is 8.42 Å². The minimum absolute atomic E-state index is 0.0962. The minimum Gasteiger partial charge on any atom is -0.492 e. The van der Waals surface area contributed by atoms with Crippen LogP contribution in [0.2, 0.25) is 0 Å². The van der Waals surface area contributed by atoms with Gasteiger partial charge in [0, 0.05) is 17.1 Å². The number of benzene rings is 2. The SMILES string of the molecule is CCOc1ccccc1N(CC(=O)N(Cc1ccc(Br)cc1)[C@@H](C)C(=O)NC1CCCCC1)S(C)(=O)=O. The van der Waals surface area contributed by atoms with E-state index in [2.05, 4.69) is 21.2 Å². The molecule has 1 N–H and O–H groups in total. The summed E-state index contributed by atoms with van der Waals surface area (Å²) < 4.78 is 33.2. The molecule has 1 aliphatic carbocycles. The zero-order valence-corrected chi connectivity index (χ0v) is 24.1. The second kappa shape index (κ2) is 13.3. The van der Waals surface area contributed by atoms with Crippen molar-refractivity contribution in [1.29, 1.82) is 0 Å². The highest BCUT2D eigenvalue weighted by Crippen LogP contribution is 2.30. The van der Waals surface area contributed by atoms with Gasteiger partial charge in [0.05, 0.1) is 18.6 Å². The van der Waals surface area contributed by atoms with Crippen molar-refractivity contribution in [2.24, 2.45) is 0 Å². The number of carbonyl (C=O) groups excluding carboxylic acids is 2. The summed E-state index contributed by atoms with van der Waals surface area (Å²) >= 11 is 3.42. The van der Waals surface area contributed by atoms with Gasteiger partial charge in [0.2, 0.25) is 21.8 Å². The Labute approximate surface area is 228 Å². The maximum atomic E-state index is 13.7. The Hall–Kier alpha value is -2.59. The average Bonchev–Trinajstić information content (AvgIpc) is 2.87. The molecule has 2 amide bonds. The fourth-order valence-corrected chi connectivity index (χ4v) is 5.59. The molecule has 0 aromatic heterocycles. The zero-order chi connectivity index (χ0) is 27.0. The van der Waals surface area contributed by atoms with Gasteiger partial charge < -0.3 is 15.0 Å². The monoisotopic (exact) mass is 593 g/mol. The number of ether oxygens (including phenoxy) is 1. The molecule has 0 radical (unpaired) electrons. The van der Waals surface area contributed by atoms with E-state index < -0.39 is 28.5 Å². The van der Waals surface area contributed by atoms with Gasteiger partial charge in [0.1, 0.15) is 18.3 Å². The predicted molar refractivity (Wildman–Crippen MR) is 149 cm³/mol. The number of halogens is 1. The summed E-state index contributed by atoms with van der Waals surface area (Å²) in [6.45, 7) is 3.54. The van der Waals surface area contributed by atoms with E-state index in [9.17, 15) is 18.0 Å². The van der Waals surface area contributed by atoms with Crippen molar-refractivity contribution < 1.29 is 22.7 Å². The summed E-state index contributed by atoms with van der Waals surface area (Å²) in [5, 5.41) is 3.10. The predicted octanol–water partition coefficient (Wildman–Crippen LogP) is 4.48. The van der Waals surface area contributed by atoms with E-state index >= 15 is 0 Å². The highest BCUT2D eigenvalue weighted by molar-refractivity contribution is 9.10. The Morgan fingerprint density at radius 1 is 1.08 bits per heavy atom. The quantitative estimate of drug-likeness (QED) is 0.414. The molecular weight excluding hydrogens is 558 g/mol. The number of carbonyl (C=O) groups is 2. The van der Waals surface area contributed by atoms with Gasteiger partial charge in [0.25, 0.3) is 0 Å². The normalized spacial score (nSPS) is 15.0. The molecule has 10 heteroatoms. The van der Waals surface area contributed by atoms with Crippen LogP contribution in [0.15, 0.2) is 53.0 Å². The van der Waals surface area contributed by atoms with E-state index in [-0.39, 0.29) is 24.2 Å². The first-order valence-corrected chi connectivity index (χ1v) is 15.3. The van der Waals surface area contributed by atoms with E-state index in [1.54, 1.807) is 38.1 Å². The van der Waals surface area contributed by atoms with Crippen molar-refractivity contribution in [3.63, 3.8) is 0 Å². The molecule has 1 fully saturated rings. The second-order valence-electron chi connectivity index (χ2n) is 9.34. The van der Waals surface area contributed by atoms with Crippen LogP contribution in [-0.2, 0) is 26.2 Å². The molecule has 3 rings (SSSR count). The third-order valence-corrected chi connectivity index (χ3v) is 8.15. The molecule has 0 saturated heterocycles. The fourth-order valence-electron chi connectivity index (χ4n) is 4.47. The van der Waals surface area contributed by atoms with Gasteiger partial charge in [-0.3, -0.25) is 13.9 Å². The third kappa shape index (κ3) is 8.20. The number of hydrogen-bond donors (Lipinski definition) is 1. The molecule has 1 saturated carbocycles. The summed E-state index contributed by atoms with van der Waals surface area (Å²) in [5.74, 6) is -0.352. The van der Waals surface area contributed by atoms with Crippen LogP contribution >= 0.6 is 15.9 Å². The first-order chi connectivity index (χ1) is 17.6. The number of amides is 2. The van der Waals surface area contributed by atoms with Crippen LogP contribution in [0, 0.1) is 0 Å². The second-order valence-corrected chi connectivity index (χ2v) is 12.2. The zero-order valence-electron chi connectivity index (χ0n) is 21.7. The average molecular weight is 595 g/mol. The number of nitrogens with one attached hydrogen (secondary N) is 1. The smallest absolute Gasteiger partial charge is 0.244 e. The van der Waals surface area contributed by atoms with Crippen molar-refractivity contribution in [1.82, 2.24) is 10.2 Å². The maximum Gasteiger partial charge on any atom is 0.244 e. The lowest BCUT2D eigenvalue weighted by Crippen LogP contribution is -2.53. The summed E-state index contributed by atoms with van der Waals surface area (Å²) in [7, 11) is -3.84. The molecule has 0 aliphatic heterocycles. The van der Waals surface area contributed by atoms with Crippen molar-refractivity contribution in [3.05, 3.63) is 58.6 Å². The molecular formula is C27H36BrN3O5S. The number of sulfonamides is 1. The molecule has 0 spiro atoms. The molecule has 2 aromatic rings. The Balaban J connectivity index is 1.89. The standard InChI is InChI=1S/C27H36BrN3O5S/c1-4-36-25-13-9-8-12-24(25)31(37(3,34)35)19-26(32)30(18-21-14-16-22(28)17-15-21)20(2)27(33)29-23-10-6-5-7-11-23/h8-9,12-17,20,23H,4-7,10-11,18-19H2,1-3H3,(H,29,33)/t20-/m0/s1. The topological polar surface area (TPSA) is 96.0 Å². The molecule has 1 atom stereocenters. The third-order valence-electron chi connectivity index (χ3n) is 6.50. The van der Waals surface area contributed by atoms with Crippen LogP contribution in [-0.4, -0.2) is 56.6 Å². The van der Waals surface area contributed by atoms with Crippen LogP contribution < -0.4 is 14.4 Å². The summed E-state index contributed by atoms with van der Waals surface area (Å²) in [6.07, 6.45) is 6.22. The van der Waals surface area contributed by atoms with Gasteiger partial charge in [-0.2, -0.15) is 0 Å². The Kier molecular flexibility index (Phi) is 10.4. The van der Waals surface area contributed by atoms with Crippen molar-refractivity contribution in [2.75, 3.05) is 23.7 Å². The van der Waals surface area contributed by atoms with Gasteiger partial charge in [-0.1, -0.05) is 59.5 Å². The van der Waals surface area contributed by atoms with Gasteiger partial charge in [-0.15, -0.1) is 0 Å². The van der Waals surface area contributed by atoms with Crippen LogP contribution in [0.3, 0.4) is 0 Å². The van der Waals surface area contributed by atoms with Crippen LogP contribution in [0.4, 0.5) is 5.69 Å². The van der Waals surface area contributed by atoms with Gasteiger partial charge in [-0.05, 0) is 56.5 Å². The van der Waals surface area contributed by atoms with Crippen molar-refractivity contribution >= 4 is 43.5 Å². The van der Waals surface area contributed by atoms with Crippen molar-refractivity contribution in [2.45, 2.75) is 64.6 Å². The van der Waals surface area contributed by atoms with Gasteiger partial charge in [0.15, 0.2) is 0 Å². The molecule has 202 valence electrons.